The highest BCUT2D eigenvalue weighted by Crippen LogP contribution is 2.22. The molecule has 2 amide bonds. The van der Waals surface area contributed by atoms with Crippen LogP contribution in [0.3, 0.4) is 0 Å². The molecular weight excluding hydrogens is 332 g/mol. The summed E-state index contributed by atoms with van der Waals surface area (Å²) >= 11 is 6.35. The van der Waals surface area contributed by atoms with Gasteiger partial charge in [-0.15, -0.1) is 0 Å². The molecule has 8 heteroatoms. The minimum atomic E-state index is -0.754. The van der Waals surface area contributed by atoms with Gasteiger partial charge in [0, 0.05) is 24.7 Å². The molecule has 0 aromatic carbocycles. The highest BCUT2D eigenvalue weighted by atomic mass is 35.5. The first-order valence-electron chi connectivity index (χ1n) is 7.90. The third kappa shape index (κ3) is 4.36. The second kappa shape index (κ2) is 7.81. The van der Waals surface area contributed by atoms with Crippen molar-refractivity contribution in [2.24, 2.45) is 11.7 Å². The second-order valence-electron chi connectivity index (χ2n) is 6.25. The van der Waals surface area contributed by atoms with Crippen LogP contribution in [0.25, 0.3) is 6.08 Å². The van der Waals surface area contributed by atoms with Gasteiger partial charge in [-0.05, 0) is 18.9 Å². The lowest BCUT2D eigenvalue weighted by Crippen LogP contribution is -2.50. The van der Waals surface area contributed by atoms with Crippen molar-refractivity contribution in [1.29, 1.82) is 0 Å². The van der Waals surface area contributed by atoms with Crippen molar-refractivity contribution in [1.82, 2.24) is 14.7 Å². The van der Waals surface area contributed by atoms with Crippen molar-refractivity contribution in [3.8, 4) is 0 Å². The van der Waals surface area contributed by atoms with Crippen LogP contribution < -0.4 is 5.73 Å². The van der Waals surface area contributed by atoms with Gasteiger partial charge < -0.3 is 15.4 Å². The third-order valence-corrected chi connectivity index (χ3v) is 4.13. The molecule has 0 saturated carbocycles. The number of hydrogen-bond donors (Lipinski definition) is 1. The van der Waals surface area contributed by atoms with Crippen molar-refractivity contribution in [2.75, 3.05) is 19.7 Å². The maximum Gasteiger partial charge on any atom is 0.248 e. The molecule has 0 radical (unpaired) electrons. The zero-order valence-corrected chi connectivity index (χ0v) is 14.9. The van der Waals surface area contributed by atoms with E-state index in [0.29, 0.717) is 30.8 Å². The molecule has 1 saturated heterocycles. The number of ether oxygens (including phenoxy) is 1. The van der Waals surface area contributed by atoms with Crippen LogP contribution in [0.15, 0.2) is 6.08 Å². The molecule has 132 valence electrons. The summed E-state index contributed by atoms with van der Waals surface area (Å²) in [5.41, 5.74) is 6.72. The first kappa shape index (κ1) is 18.5. The van der Waals surface area contributed by atoms with E-state index in [9.17, 15) is 9.59 Å². The van der Waals surface area contributed by atoms with E-state index in [-0.39, 0.29) is 12.5 Å². The molecule has 2 rings (SSSR count). The van der Waals surface area contributed by atoms with E-state index in [4.69, 9.17) is 22.1 Å². The minimum absolute atomic E-state index is 0.165. The van der Waals surface area contributed by atoms with E-state index in [1.807, 2.05) is 6.92 Å². The van der Waals surface area contributed by atoms with Gasteiger partial charge in [-0.3, -0.25) is 14.3 Å². The Morgan fingerprint density at radius 3 is 2.83 bits per heavy atom. The Hall–Kier alpha value is -1.86. The smallest absolute Gasteiger partial charge is 0.248 e. The number of morpholine rings is 1. The van der Waals surface area contributed by atoms with Crippen molar-refractivity contribution in [2.45, 2.75) is 33.4 Å². The Kier molecular flexibility index (Phi) is 6.01. The molecule has 0 spiro atoms. The Morgan fingerprint density at radius 1 is 1.50 bits per heavy atom. The van der Waals surface area contributed by atoms with Gasteiger partial charge in [0.05, 0.1) is 18.8 Å². The maximum atomic E-state index is 12.3. The Balaban J connectivity index is 2.09. The Bertz CT molecular complexity index is 654. The number of aromatic nitrogens is 2. The molecule has 1 aromatic rings. The Labute approximate surface area is 146 Å². The number of carbonyl (C=O) groups is 2. The molecule has 2 heterocycles. The summed E-state index contributed by atoms with van der Waals surface area (Å²) in [6, 6.07) is 0. The summed E-state index contributed by atoms with van der Waals surface area (Å²) < 4.78 is 6.97. The first-order chi connectivity index (χ1) is 11.3. The molecular formula is C16H23ClN4O3. The molecule has 1 aliphatic heterocycles. The third-order valence-electron chi connectivity index (χ3n) is 3.74. The SMILES string of the molecule is Cc1nn(CC(C)C)c(Cl)c1C=CC(=O)N1CCOC(C(N)=O)C1. The van der Waals surface area contributed by atoms with Crippen molar-refractivity contribution in [3.63, 3.8) is 0 Å². The fourth-order valence-corrected chi connectivity index (χ4v) is 2.81. The lowest BCUT2D eigenvalue weighted by molar-refractivity contribution is -0.142. The fourth-order valence-electron chi connectivity index (χ4n) is 2.50. The van der Waals surface area contributed by atoms with Gasteiger partial charge in [-0.25, -0.2) is 0 Å². The zero-order chi connectivity index (χ0) is 17.9. The number of primary amides is 1. The van der Waals surface area contributed by atoms with Gasteiger partial charge in [0.2, 0.25) is 11.8 Å². The van der Waals surface area contributed by atoms with Gasteiger partial charge in [0.1, 0.15) is 5.15 Å². The molecule has 24 heavy (non-hydrogen) atoms. The fraction of sp³-hybridized carbons (Fsp3) is 0.562. The number of nitrogens with two attached hydrogens (primary N) is 1. The van der Waals surface area contributed by atoms with Crippen LogP contribution in [0.4, 0.5) is 0 Å². The molecule has 0 bridgehead atoms. The zero-order valence-electron chi connectivity index (χ0n) is 14.2. The van der Waals surface area contributed by atoms with E-state index < -0.39 is 12.0 Å². The van der Waals surface area contributed by atoms with E-state index in [2.05, 4.69) is 18.9 Å². The summed E-state index contributed by atoms with van der Waals surface area (Å²) in [7, 11) is 0. The average Bonchev–Trinajstić information content (AvgIpc) is 2.78. The number of nitrogens with zero attached hydrogens (tertiary/aromatic N) is 3. The largest absolute Gasteiger partial charge is 0.367 e. The normalized spacial score (nSPS) is 18.5. The van der Waals surface area contributed by atoms with Gasteiger partial charge in [-0.2, -0.15) is 5.10 Å². The van der Waals surface area contributed by atoms with Crippen LogP contribution in [-0.2, 0) is 20.9 Å². The van der Waals surface area contributed by atoms with Gasteiger partial charge >= 0.3 is 0 Å². The van der Waals surface area contributed by atoms with Crippen LogP contribution in [-0.4, -0.2) is 52.3 Å². The molecule has 1 unspecified atom stereocenters. The predicted octanol–water partition coefficient (Wildman–Crippen LogP) is 1.23. The number of carbonyl (C=O) groups excluding carboxylic acids is 2. The Morgan fingerprint density at radius 2 is 2.21 bits per heavy atom. The monoisotopic (exact) mass is 354 g/mol. The van der Waals surface area contributed by atoms with Gasteiger partial charge in [-0.1, -0.05) is 25.4 Å². The summed E-state index contributed by atoms with van der Waals surface area (Å²) in [4.78, 5) is 25.0. The predicted molar refractivity (Wildman–Crippen MR) is 91.4 cm³/mol. The lowest BCUT2D eigenvalue weighted by atomic mass is 10.2. The average molecular weight is 355 g/mol. The quantitative estimate of drug-likeness (QED) is 0.805. The molecule has 1 atom stereocenters. The lowest BCUT2D eigenvalue weighted by Gasteiger charge is -2.30. The highest BCUT2D eigenvalue weighted by Gasteiger charge is 2.26. The van der Waals surface area contributed by atoms with Crippen LogP contribution in [0, 0.1) is 12.8 Å². The van der Waals surface area contributed by atoms with Gasteiger partial charge in [0.25, 0.3) is 0 Å². The number of aryl methyl sites for hydroxylation is 1. The van der Waals surface area contributed by atoms with E-state index >= 15 is 0 Å². The van der Waals surface area contributed by atoms with Crippen molar-refractivity contribution >= 4 is 29.5 Å². The standard InChI is InChI=1S/C16H23ClN4O3/c1-10(2)8-21-15(17)12(11(3)19-21)4-5-14(22)20-6-7-24-13(9-20)16(18)23/h4-5,10,13H,6-9H2,1-3H3,(H2,18,23). The van der Waals surface area contributed by atoms with E-state index in [1.54, 1.807) is 10.8 Å². The highest BCUT2D eigenvalue weighted by molar-refractivity contribution is 6.31. The molecule has 2 N–H and O–H groups in total. The van der Waals surface area contributed by atoms with Crippen LogP contribution in [0.5, 0.6) is 0 Å². The number of hydrogen-bond acceptors (Lipinski definition) is 4. The van der Waals surface area contributed by atoms with Crippen LogP contribution in [0.2, 0.25) is 5.15 Å². The number of halogens is 1. The maximum absolute atomic E-state index is 12.3. The van der Waals surface area contributed by atoms with Gasteiger partial charge in [0.15, 0.2) is 6.10 Å². The molecule has 0 aliphatic carbocycles. The molecule has 1 aromatic heterocycles. The topological polar surface area (TPSA) is 90.4 Å². The molecule has 7 nitrogen and oxygen atoms in total. The summed E-state index contributed by atoms with van der Waals surface area (Å²) in [5, 5.41) is 4.92. The first-order valence-corrected chi connectivity index (χ1v) is 8.28. The van der Waals surface area contributed by atoms with Crippen LogP contribution in [0.1, 0.15) is 25.1 Å². The summed E-state index contributed by atoms with van der Waals surface area (Å²) in [5.74, 6) is -0.360. The molecule has 1 aliphatic rings. The van der Waals surface area contributed by atoms with E-state index in [0.717, 1.165) is 11.3 Å². The van der Waals surface area contributed by atoms with E-state index in [1.165, 1.54) is 11.0 Å². The number of amides is 2. The molecule has 1 fully saturated rings. The summed E-state index contributed by atoms with van der Waals surface area (Å²) in [6.07, 6.45) is 2.35. The minimum Gasteiger partial charge on any atom is -0.367 e. The van der Waals surface area contributed by atoms with Crippen molar-refractivity contribution < 1.29 is 14.3 Å². The second-order valence-corrected chi connectivity index (χ2v) is 6.60. The van der Waals surface area contributed by atoms with Crippen molar-refractivity contribution in [3.05, 3.63) is 22.5 Å². The number of rotatable bonds is 5. The van der Waals surface area contributed by atoms with Crippen LogP contribution >= 0.6 is 11.6 Å². The summed E-state index contributed by atoms with van der Waals surface area (Å²) in [6.45, 7) is 7.61.